The van der Waals surface area contributed by atoms with Gasteiger partial charge in [-0.2, -0.15) is 0 Å². The van der Waals surface area contributed by atoms with Crippen LogP contribution in [0.15, 0.2) is 28.7 Å². The zero-order valence-corrected chi connectivity index (χ0v) is 19.5. The Kier molecular flexibility index (Phi) is 9.38. The molecule has 2 amide bonds. The lowest BCUT2D eigenvalue weighted by molar-refractivity contribution is -0.144. The number of hydrogen-bond acceptors (Lipinski definition) is 7. The van der Waals surface area contributed by atoms with Crippen molar-refractivity contribution in [3.63, 3.8) is 0 Å². The molecule has 2 aromatic rings. The summed E-state index contributed by atoms with van der Waals surface area (Å²) < 4.78 is 5.78. The number of nitrogens with zero attached hydrogens (tertiary/aromatic N) is 2. The van der Waals surface area contributed by atoms with Crippen LogP contribution in [0.2, 0.25) is 0 Å². The van der Waals surface area contributed by atoms with Crippen molar-refractivity contribution in [1.82, 2.24) is 15.5 Å². The average molecular weight is 497 g/mol. The average Bonchev–Trinajstić information content (AvgIpc) is 3.19. The molecule has 0 spiro atoms. The molecule has 0 aliphatic carbocycles. The monoisotopic (exact) mass is 496 g/mol. The summed E-state index contributed by atoms with van der Waals surface area (Å²) in [5.41, 5.74) is 0.891. The number of anilines is 1. The molecule has 162 valence electrons. The molecular formula is C20H25BrN4O4S. The third-order valence-electron chi connectivity index (χ3n) is 4.42. The molecule has 0 unspecified atom stereocenters. The van der Waals surface area contributed by atoms with Gasteiger partial charge in [-0.15, -0.1) is 10.2 Å². The fraction of sp³-hybridized carbons (Fsp3) is 0.450. The van der Waals surface area contributed by atoms with E-state index in [1.165, 1.54) is 11.3 Å². The smallest absolute Gasteiger partial charge is 0.306 e. The minimum Gasteiger partial charge on any atom is -0.466 e. The summed E-state index contributed by atoms with van der Waals surface area (Å²) in [7, 11) is 0. The van der Waals surface area contributed by atoms with Crippen LogP contribution in [0.1, 0.15) is 40.0 Å². The Labute approximate surface area is 187 Å². The second kappa shape index (κ2) is 11.8. The van der Waals surface area contributed by atoms with E-state index in [4.69, 9.17) is 4.74 Å². The summed E-state index contributed by atoms with van der Waals surface area (Å²) in [5.74, 6) is -1.29. The summed E-state index contributed by atoms with van der Waals surface area (Å²) in [5, 5.41) is 14.6. The molecule has 2 atom stereocenters. The first-order chi connectivity index (χ1) is 14.3. The van der Waals surface area contributed by atoms with Crippen molar-refractivity contribution in [3.8, 4) is 10.6 Å². The molecular weight excluding hydrogens is 472 g/mol. The van der Waals surface area contributed by atoms with Crippen LogP contribution in [-0.2, 0) is 19.1 Å². The van der Waals surface area contributed by atoms with Crippen molar-refractivity contribution in [3.05, 3.63) is 28.7 Å². The minimum atomic E-state index is -0.746. The molecule has 0 fully saturated rings. The van der Waals surface area contributed by atoms with Gasteiger partial charge >= 0.3 is 5.97 Å². The molecule has 2 N–H and O–H groups in total. The van der Waals surface area contributed by atoms with Gasteiger partial charge in [0.1, 0.15) is 11.0 Å². The topological polar surface area (TPSA) is 110 Å². The Hall–Kier alpha value is -2.33. The summed E-state index contributed by atoms with van der Waals surface area (Å²) >= 11 is 4.64. The number of carbonyl (C=O) groups is 3. The number of ether oxygens (including phenoxy) is 1. The molecule has 2 rings (SSSR count). The Morgan fingerprint density at radius 1 is 1.13 bits per heavy atom. The number of carbonyl (C=O) groups excluding carboxylic acids is 3. The van der Waals surface area contributed by atoms with E-state index in [0.717, 1.165) is 10.0 Å². The van der Waals surface area contributed by atoms with Crippen LogP contribution in [0.25, 0.3) is 10.6 Å². The van der Waals surface area contributed by atoms with Gasteiger partial charge in [0.15, 0.2) is 0 Å². The predicted octanol–water partition coefficient (Wildman–Crippen LogP) is 3.78. The van der Waals surface area contributed by atoms with Crippen LogP contribution >= 0.6 is 27.3 Å². The van der Waals surface area contributed by atoms with Gasteiger partial charge in [-0.25, -0.2) is 0 Å². The lowest BCUT2D eigenvalue weighted by Gasteiger charge is -2.22. The minimum absolute atomic E-state index is 0.0263. The van der Waals surface area contributed by atoms with E-state index in [0.29, 0.717) is 16.6 Å². The van der Waals surface area contributed by atoms with Crippen LogP contribution in [0.5, 0.6) is 0 Å². The van der Waals surface area contributed by atoms with Crippen molar-refractivity contribution in [1.29, 1.82) is 0 Å². The molecule has 0 aliphatic rings. The summed E-state index contributed by atoms with van der Waals surface area (Å²) in [6.45, 7) is 5.79. The van der Waals surface area contributed by atoms with Crippen molar-refractivity contribution in [2.24, 2.45) is 5.92 Å². The van der Waals surface area contributed by atoms with Crippen molar-refractivity contribution >= 4 is 50.2 Å². The molecule has 0 saturated carbocycles. The van der Waals surface area contributed by atoms with Crippen LogP contribution < -0.4 is 10.6 Å². The van der Waals surface area contributed by atoms with E-state index in [1.54, 1.807) is 6.92 Å². The first-order valence-electron chi connectivity index (χ1n) is 9.69. The van der Waals surface area contributed by atoms with E-state index < -0.39 is 12.0 Å². The largest absolute Gasteiger partial charge is 0.466 e. The van der Waals surface area contributed by atoms with Gasteiger partial charge in [0.05, 0.1) is 13.0 Å². The fourth-order valence-corrected chi connectivity index (χ4v) is 3.58. The number of rotatable bonds is 10. The van der Waals surface area contributed by atoms with E-state index in [9.17, 15) is 14.4 Å². The fourth-order valence-electron chi connectivity index (χ4n) is 2.56. The van der Waals surface area contributed by atoms with Gasteiger partial charge < -0.3 is 10.1 Å². The highest BCUT2D eigenvalue weighted by atomic mass is 79.9. The van der Waals surface area contributed by atoms with Gasteiger partial charge in [0.25, 0.3) is 0 Å². The van der Waals surface area contributed by atoms with Gasteiger partial charge in [-0.05, 0) is 25.0 Å². The molecule has 0 radical (unpaired) electrons. The van der Waals surface area contributed by atoms with Crippen LogP contribution in [0, 0.1) is 5.92 Å². The SMILES string of the molecule is CCOC(=O)CCC(=O)N[C@@H](C(=O)Nc1nnc(-c2ccc(Br)cc2)s1)[C@@H](C)CC. The highest BCUT2D eigenvalue weighted by molar-refractivity contribution is 9.10. The number of halogens is 1. The van der Waals surface area contributed by atoms with Crippen LogP contribution in [0.3, 0.4) is 0 Å². The molecule has 1 heterocycles. The Bertz CT molecular complexity index is 872. The van der Waals surface area contributed by atoms with E-state index in [2.05, 4.69) is 36.8 Å². The maximum atomic E-state index is 12.8. The van der Waals surface area contributed by atoms with Gasteiger partial charge in [-0.3, -0.25) is 19.7 Å². The number of aromatic nitrogens is 2. The molecule has 8 nitrogen and oxygen atoms in total. The van der Waals surface area contributed by atoms with Crippen molar-refractivity contribution in [2.45, 2.75) is 46.1 Å². The first kappa shape index (κ1) is 23.9. The molecule has 1 aromatic heterocycles. The van der Waals surface area contributed by atoms with E-state index in [1.807, 2.05) is 38.1 Å². The maximum absolute atomic E-state index is 12.8. The Morgan fingerprint density at radius 2 is 1.83 bits per heavy atom. The summed E-state index contributed by atoms with van der Waals surface area (Å²) in [6, 6.07) is 6.87. The highest BCUT2D eigenvalue weighted by Crippen LogP contribution is 2.27. The zero-order valence-electron chi connectivity index (χ0n) is 17.1. The molecule has 0 bridgehead atoms. The van der Waals surface area contributed by atoms with Crippen LogP contribution in [-0.4, -0.2) is 40.6 Å². The molecule has 10 heteroatoms. The second-order valence-electron chi connectivity index (χ2n) is 6.64. The molecule has 0 aliphatic heterocycles. The van der Waals surface area contributed by atoms with Crippen molar-refractivity contribution in [2.75, 3.05) is 11.9 Å². The number of hydrogen-bond donors (Lipinski definition) is 2. The zero-order chi connectivity index (χ0) is 22.1. The number of esters is 1. The van der Waals surface area contributed by atoms with E-state index in [-0.39, 0.29) is 37.2 Å². The molecule has 30 heavy (non-hydrogen) atoms. The normalized spacial score (nSPS) is 12.7. The Balaban J connectivity index is 2.00. The van der Waals surface area contributed by atoms with Crippen molar-refractivity contribution < 1.29 is 19.1 Å². The standard InChI is InChI=1S/C20H25BrN4O4S/c1-4-12(3)17(22-15(26)10-11-16(27)29-5-2)18(28)23-20-25-24-19(30-20)13-6-8-14(21)9-7-13/h6-9,12,17H,4-5,10-11H2,1-3H3,(H,22,26)(H,23,25,28)/t12-,17+/m0/s1. The van der Waals surface area contributed by atoms with Gasteiger partial charge in [0, 0.05) is 16.5 Å². The Morgan fingerprint density at radius 3 is 2.47 bits per heavy atom. The summed E-state index contributed by atoms with van der Waals surface area (Å²) in [4.78, 5) is 36.5. The lowest BCUT2D eigenvalue weighted by atomic mass is 9.98. The van der Waals surface area contributed by atoms with Gasteiger partial charge in [-0.1, -0.05) is 59.7 Å². The lowest BCUT2D eigenvalue weighted by Crippen LogP contribution is -2.47. The second-order valence-corrected chi connectivity index (χ2v) is 8.54. The predicted molar refractivity (Wildman–Crippen MR) is 119 cm³/mol. The van der Waals surface area contributed by atoms with E-state index >= 15 is 0 Å². The summed E-state index contributed by atoms with van der Waals surface area (Å²) in [6.07, 6.45) is 0.629. The number of nitrogens with one attached hydrogen (secondary N) is 2. The maximum Gasteiger partial charge on any atom is 0.306 e. The first-order valence-corrected chi connectivity index (χ1v) is 11.3. The third kappa shape index (κ3) is 7.17. The quantitative estimate of drug-likeness (QED) is 0.484. The molecule has 0 saturated heterocycles. The van der Waals surface area contributed by atoms with Crippen LogP contribution in [0.4, 0.5) is 5.13 Å². The van der Waals surface area contributed by atoms with Gasteiger partial charge in [0.2, 0.25) is 16.9 Å². The molecule has 1 aromatic carbocycles. The number of amides is 2. The number of benzene rings is 1. The third-order valence-corrected chi connectivity index (χ3v) is 5.84. The highest BCUT2D eigenvalue weighted by Gasteiger charge is 2.27.